The second-order valence-corrected chi connectivity index (χ2v) is 7.94. The van der Waals surface area contributed by atoms with Crippen molar-refractivity contribution in [1.29, 1.82) is 0 Å². The van der Waals surface area contributed by atoms with Crippen molar-refractivity contribution in [3.8, 4) is 5.75 Å². The molecule has 0 unspecified atom stereocenters. The highest BCUT2D eigenvalue weighted by Gasteiger charge is 2.34. The maximum absolute atomic E-state index is 12.5. The van der Waals surface area contributed by atoms with E-state index < -0.39 is 12.0 Å². The summed E-state index contributed by atoms with van der Waals surface area (Å²) in [6.07, 6.45) is 1.72. The van der Waals surface area contributed by atoms with Crippen LogP contribution in [0.4, 0.5) is 0 Å². The van der Waals surface area contributed by atoms with Crippen molar-refractivity contribution < 1.29 is 14.9 Å². The molecule has 0 fully saturated rings. The van der Waals surface area contributed by atoms with E-state index in [1.165, 1.54) is 0 Å². The first-order valence-corrected chi connectivity index (χ1v) is 10.5. The summed E-state index contributed by atoms with van der Waals surface area (Å²) in [6, 6.07) is 20.5. The first-order valence-electron chi connectivity index (χ1n) is 10.5. The van der Waals surface area contributed by atoms with Crippen LogP contribution >= 0.6 is 0 Å². The van der Waals surface area contributed by atoms with Gasteiger partial charge < -0.3 is 19.5 Å². The molecule has 1 aliphatic heterocycles. The quantitative estimate of drug-likeness (QED) is 0.615. The van der Waals surface area contributed by atoms with Gasteiger partial charge in [-0.05, 0) is 11.1 Å². The molecule has 0 amide bonds. The Morgan fingerprint density at radius 1 is 1.06 bits per heavy atom. The van der Waals surface area contributed by atoms with Crippen LogP contribution in [0.1, 0.15) is 34.3 Å². The minimum absolute atomic E-state index is 0.0000557. The highest BCUT2D eigenvalue weighted by atomic mass is 16.5. The number of methoxy groups -OCH3 is 1. The molecule has 0 aliphatic carbocycles. The van der Waals surface area contributed by atoms with Gasteiger partial charge in [0.2, 0.25) is 5.43 Å². The molecule has 0 saturated heterocycles. The molecule has 1 atom stereocenters. The number of fused-ring (bicyclic) bond motifs is 1. The van der Waals surface area contributed by atoms with Crippen LogP contribution in [0.3, 0.4) is 0 Å². The van der Waals surface area contributed by atoms with Crippen molar-refractivity contribution in [2.75, 3.05) is 26.8 Å². The fourth-order valence-electron chi connectivity index (χ4n) is 4.52. The van der Waals surface area contributed by atoms with Crippen molar-refractivity contribution in [2.24, 2.45) is 0 Å². The zero-order valence-corrected chi connectivity index (χ0v) is 17.6. The summed E-state index contributed by atoms with van der Waals surface area (Å²) in [5.41, 5.74) is 2.59. The van der Waals surface area contributed by atoms with E-state index in [1.54, 1.807) is 13.3 Å². The maximum Gasteiger partial charge on any atom is 0.228 e. The number of hydrogen-bond acceptors (Lipinski definition) is 5. The maximum atomic E-state index is 12.5. The number of benzene rings is 2. The summed E-state index contributed by atoms with van der Waals surface area (Å²) in [4.78, 5) is 14.8. The second kappa shape index (κ2) is 9.47. The van der Waals surface area contributed by atoms with E-state index in [0.717, 1.165) is 17.7 Å². The van der Waals surface area contributed by atoms with Crippen LogP contribution in [0.2, 0.25) is 0 Å². The van der Waals surface area contributed by atoms with Crippen molar-refractivity contribution >= 4 is 0 Å². The Morgan fingerprint density at radius 2 is 1.68 bits per heavy atom. The minimum Gasteiger partial charge on any atom is -0.503 e. The van der Waals surface area contributed by atoms with Crippen molar-refractivity contribution in [3.63, 3.8) is 0 Å². The minimum atomic E-state index is -0.503. The van der Waals surface area contributed by atoms with E-state index in [2.05, 4.69) is 29.2 Å². The average Bonchev–Trinajstić information content (AvgIpc) is 2.82. The lowest BCUT2D eigenvalue weighted by atomic mass is 9.83. The Labute approximate surface area is 182 Å². The van der Waals surface area contributed by atoms with Gasteiger partial charge in [-0.3, -0.25) is 9.69 Å². The molecule has 3 aromatic rings. The fraction of sp³-hybridized carbons (Fsp3) is 0.320. The third-order valence-electron chi connectivity index (χ3n) is 6.05. The summed E-state index contributed by atoms with van der Waals surface area (Å²) in [6.45, 7) is 2.02. The predicted molar refractivity (Wildman–Crippen MR) is 119 cm³/mol. The van der Waals surface area contributed by atoms with Crippen LogP contribution in [-0.2, 0) is 17.9 Å². The molecular weight excluding hydrogens is 392 g/mol. The number of aromatic nitrogens is 1. The fourth-order valence-corrected chi connectivity index (χ4v) is 4.52. The number of nitrogens with zero attached hydrogens (tertiary/aromatic N) is 2. The second-order valence-electron chi connectivity index (χ2n) is 7.94. The zero-order valence-electron chi connectivity index (χ0n) is 17.6. The number of pyridine rings is 1. The Morgan fingerprint density at radius 3 is 2.23 bits per heavy atom. The van der Waals surface area contributed by atoms with Gasteiger partial charge >= 0.3 is 0 Å². The van der Waals surface area contributed by atoms with Crippen LogP contribution in [0.5, 0.6) is 5.75 Å². The van der Waals surface area contributed by atoms with E-state index >= 15 is 0 Å². The summed E-state index contributed by atoms with van der Waals surface area (Å²) in [5, 5.41) is 20.5. The summed E-state index contributed by atoms with van der Waals surface area (Å²) in [7, 11) is 1.67. The summed E-state index contributed by atoms with van der Waals surface area (Å²) in [5.74, 6) is -0.279. The highest BCUT2D eigenvalue weighted by Crippen LogP contribution is 2.40. The van der Waals surface area contributed by atoms with Crippen LogP contribution in [-0.4, -0.2) is 46.5 Å². The number of hydrogen-bond donors (Lipinski definition) is 2. The molecule has 0 radical (unpaired) electrons. The number of aliphatic hydroxyl groups excluding tert-OH is 1. The largest absolute Gasteiger partial charge is 0.503 e. The molecule has 0 spiro atoms. The molecule has 1 aromatic heterocycles. The molecule has 162 valence electrons. The summed E-state index contributed by atoms with van der Waals surface area (Å²) >= 11 is 0. The molecule has 6 heteroatoms. The van der Waals surface area contributed by atoms with Gasteiger partial charge in [0, 0.05) is 44.4 Å². The Hall–Kier alpha value is -2.93. The molecular formula is C25H28N2O4. The topological polar surface area (TPSA) is 74.9 Å². The number of aliphatic hydroxyl groups is 1. The van der Waals surface area contributed by atoms with Gasteiger partial charge in [0.25, 0.3) is 0 Å². The SMILES string of the molecule is COCCN1Cc2c(O)c(=O)c(CO)cn2[C@@H](C(c2ccccc2)c2ccccc2)C1. The lowest BCUT2D eigenvalue weighted by molar-refractivity contribution is 0.111. The van der Waals surface area contributed by atoms with E-state index in [-0.39, 0.29) is 23.3 Å². The number of ether oxygens (including phenoxy) is 1. The van der Waals surface area contributed by atoms with Gasteiger partial charge in [0.15, 0.2) is 5.75 Å². The standard InChI is InChI=1S/C25H28N2O4/c1-31-13-12-26-15-21(27-14-20(17-28)24(29)25(30)22(27)16-26)23(18-8-4-2-5-9-18)19-10-6-3-7-11-19/h2-11,14,21,23,28,30H,12-13,15-17H2,1H3/t21-/m1/s1. The summed E-state index contributed by atoms with van der Waals surface area (Å²) < 4.78 is 7.28. The van der Waals surface area contributed by atoms with Crippen LogP contribution in [0.15, 0.2) is 71.7 Å². The zero-order chi connectivity index (χ0) is 21.8. The van der Waals surface area contributed by atoms with Crippen LogP contribution in [0.25, 0.3) is 0 Å². The van der Waals surface area contributed by atoms with E-state index in [0.29, 0.717) is 25.4 Å². The van der Waals surface area contributed by atoms with E-state index in [4.69, 9.17) is 4.74 Å². The molecule has 2 aromatic carbocycles. The molecule has 2 N–H and O–H groups in total. The first-order chi connectivity index (χ1) is 15.1. The molecule has 2 heterocycles. The van der Waals surface area contributed by atoms with Crippen molar-refractivity contribution in [3.05, 3.63) is 99.5 Å². The van der Waals surface area contributed by atoms with Gasteiger partial charge in [-0.2, -0.15) is 0 Å². The van der Waals surface area contributed by atoms with Gasteiger partial charge in [-0.1, -0.05) is 60.7 Å². The normalized spacial score (nSPS) is 16.4. The first kappa shape index (κ1) is 21.3. The molecule has 0 saturated carbocycles. The van der Waals surface area contributed by atoms with Crippen LogP contribution < -0.4 is 5.43 Å². The third-order valence-corrected chi connectivity index (χ3v) is 6.05. The lowest BCUT2D eigenvalue weighted by Gasteiger charge is -2.41. The molecule has 6 nitrogen and oxygen atoms in total. The van der Waals surface area contributed by atoms with Gasteiger partial charge in [-0.25, -0.2) is 0 Å². The van der Waals surface area contributed by atoms with Crippen molar-refractivity contribution in [2.45, 2.75) is 25.1 Å². The molecule has 1 aliphatic rings. The lowest BCUT2D eigenvalue weighted by Crippen LogP contribution is -2.43. The molecule has 31 heavy (non-hydrogen) atoms. The van der Waals surface area contributed by atoms with E-state index in [9.17, 15) is 15.0 Å². The van der Waals surface area contributed by atoms with Crippen LogP contribution in [0, 0.1) is 0 Å². The van der Waals surface area contributed by atoms with Gasteiger partial charge in [0.05, 0.1) is 24.9 Å². The Balaban J connectivity index is 1.90. The number of rotatable bonds is 7. The third kappa shape index (κ3) is 4.28. The molecule has 0 bridgehead atoms. The smallest absolute Gasteiger partial charge is 0.228 e. The highest BCUT2D eigenvalue weighted by molar-refractivity contribution is 5.38. The monoisotopic (exact) mass is 420 g/mol. The Kier molecular flexibility index (Phi) is 6.51. The molecule has 4 rings (SSSR count). The average molecular weight is 421 g/mol. The van der Waals surface area contributed by atoms with Crippen molar-refractivity contribution in [1.82, 2.24) is 9.47 Å². The Bertz CT molecular complexity index is 1030. The number of aromatic hydroxyl groups is 1. The van der Waals surface area contributed by atoms with E-state index in [1.807, 2.05) is 41.0 Å². The van der Waals surface area contributed by atoms with Gasteiger partial charge in [0.1, 0.15) is 0 Å². The van der Waals surface area contributed by atoms with Gasteiger partial charge in [-0.15, -0.1) is 0 Å². The predicted octanol–water partition coefficient (Wildman–Crippen LogP) is 2.88.